The number of benzene rings is 3. The molecule has 0 spiro atoms. The van der Waals surface area contributed by atoms with Crippen molar-refractivity contribution < 1.29 is 13.9 Å². The van der Waals surface area contributed by atoms with Crippen molar-refractivity contribution in [3.8, 4) is 5.75 Å². The van der Waals surface area contributed by atoms with Crippen molar-refractivity contribution in [2.75, 3.05) is 31.1 Å². The quantitative estimate of drug-likeness (QED) is 0.560. The van der Waals surface area contributed by atoms with Gasteiger partial charge < -0.3 is 14.4 Å². The number of para-hydroxylation sites is 1. The van der Waals surface area contributed by atoms with Gasteiger partial charge in [-0.15, -0.1) is 0 Å². The van der Waals surface area contributed by atoms with Gasteiger partial charge in [-0.05, 0) is 42.5 Å². The van der Waals surface area contributed by atoms with E-state index in [9.17, 15) is 9.50 Å². The van der Waals surface area contributed by atoms with Gasteiger partial charge in [0.2, 0.25) is 0 Å². The first-order valence-corrected chi connectivity index (χ1v) is 9.53. The fourth-order valence-electron chi connectivity index (χ4n) is 3.99. The Morgan fingerprint density at radius 2 is 1.61 bits per heavy atom. The van der Waals surface area contributed by atoms with Crippen molar-refractivity contribution in [3.63, 3.8) is 0 Å². The maximum Gasteiger partial charge on any atom is 0.136 e. The van der Waals surface area contributed by atoms with E-state index in [2.05, 4.69) is 9.80 Å². The number of furan rings is 1. The molecular weight excluding hydrogens is 355 g/mol. The molecule has 4 nitrogen and oxygen atoms in total. The Kier molecular flexibility index (Phi) is 4.17. The first kappa shape index (κ1) is 17.1. The van der Waals surface area contributed by atoms with Crippen LogP contribution in [0.1, 0.15) is 5.56 Å². The summed E-state index contributed by atoms with van der Waals surface area (Å²) in [6, 6.07) is 18.3. The van der Waals surface area contributed by atoms with Gasteiger partial charge in [0.1, 0.15) is 22.7 Å². The molecule has 2 heterocycles. The number of phenolic OH excluding ortho intramolecular Hbond substituents is 1. The molecule has 0 amide bonds. The molecular formula is C23H21FN2O2. The molecule has 1 fully saturated rings. The molecule has 0 saturated carbocycles. The Balaban J connectivity index is 1.32. The van der Waals surface area contributed by atoms with E-state index < -0.39 is 0 Å². The average molecular weight is 376 g/mol. The molecule has 142 valence electrons. The van der Waals surface area contributed by atoms with E-state index in [1.54, 1.807) is 0 Å². The molecule has 0 atom stereocenters. The first-order valence-electron chi connectivity index (χ1n) is 9.53. The van der Waals surface area contributed by atoms with Crippen LogP contribution >= 0.6 is 0 Å². The van der Waals surface area contributed by atoms with Crippen LogP contribution in [0.25, 0.3) is 21.9 Å². The number of hydrogen-bond donors (Lipinski definition) is 1. The van der Waals surface area contributed by atoms with E-state index in [4.69, 9.17) is 4.42 Å². The smallest absolute Gasteiger partial charge is 0.136 e. The molecule has 1 aliphatic rings. The predicted molar refractivity (Wildman–Crippen MR) is 109 cm³/mol. The highest BCUT2D eigenvalue weighted by Crippen LogP contribution is 2.34. The summed E-state index contributed by atoms with van der Waals surface area (Å²) in [5.41, 5.74) is 3.57. The highest BCUT2D eigenvalue weighted by molar-refractivity contribution is 6.05. The average Bonchev–Trinajstić information content (AvgIpc) is 3.07. The topological polar surface area (TPSA) is 39.9 Å². The van der Waals surface area contributed by atoms with Crippen LogP contribution in [-0.2, 0) is 6.54 Å². The van der Waals surface area contributed by atoms with Crippen LogP contribution in [0.2, 0.25) is 0 Å². The number of rotatable bonds is 3. The van der Waals surface area contributed by atoms with Gasteiger partial charge in [0.15, 0.2) is 0 Å². The molecule has 1 saturated heterocycles. The van der Waals surface area contributed by atoms with Crippen LogP contribution < -0.4 is 4.90 Å². The third-order valence-electron chi connectivity index (χ3n) is 5.54. The molecule has 0 bridgehead atoms. The molecule has 3 aromatic carbocycles. The molecule has 5 rings (SSSR count). The second kappa shape index (κ2) is 6.84. The minimum Gasteiger partial charge on any atom is -0.508 e. The summed E-state index contributed by atoms with van der Waals surface area (Å²) in [6.45, 7) is 4.19. The minimum atomic E-state index is -0.209. The maximum absolute atomic E-state index is 13.1. The van der Waals surface area contributed by atoms with Crippen molar-refractivity contribution in [2.24, 2.45) is 0 Å². The Bertz CT molecular complexity index is 1130. The second-order valence-electron chi connectivity index (χ2n) is 7.31. The molecule has 1 N–H and O–H groups in total. The van der Waals surface area contributed by atoms with Gasteiger partial charge in [0.25, 0.3) is 0 Å². The Labute approximate surface area is 162 Å². The zero-order valence-corrected chi connectivity index (χ0v) is 15.4. The predicted octanol–water partition coefficient (Wildman–Crippen LogP) is 4.75. The lowest BCUT2D eigenvalue weighted by Crippen LogP contribution is -2.45. The maximum atomic E-state index is 13.1. The van der Waals surface area contributed by atoms with E-state index in [0.717, 1.165) is 59.4 Å². The number of aromatic hydroxyl groups is 1. The minimum absolute atomic E-state index is 0.209. The molecule has 0 aliphatic carbocycles. The van der Waals surface area contributed by atoms with E-state index in [0.29, 0.717) is 12.3 Å². The fraction of sp³-hybridized carbons (Fsp3) is 0.217. The molecule has 28 heavy (non-hydrogen) atoms. The summed E-state index contributed by atoms with van der Waals surface area (Å²) in [6.07, 6.45) is 0. The van der Waals surface area contributed by atoms with Gasteiger partial charge in [-0.25, -0.2) is 4.39 Å². The SMILES string of the molecule is Oc1cc2c(cc1CN1CCN(c3ccc(F)cc3)CC1)oc1ccccc12. The lowest BCUT2D eigenvalue weighted by Gasteiger charge is -2.36. The van der Waals surface area contributed by atoms with Crippen LogP contribution in [-0.4, -0.2) is 36.2 Å². The van der Waals surface area contributed by atoms with E-state index in [-0.39, 0.29) is 5.82 Å². The molecule has 0 unspecified atom stereocenters. The standard InChI is InChI=1S/C23H21FN2O2/c24-17-5-7-18(8-6-17)26-11-9-25(10-12-26)15-16-13-23-20(14-21(16)27)19-3-1-2-4-22(19)28-23/h1-8,13-14,27H,9-12,15H2. The molecule has 1 aromatic heterocycles. The summed E-state index contributed by atoms with van der Waals surface area (Å²) in [4.78, 5) is 4.59. The number of anilines is 1. The van der Waals surface area contributed by atoms with Crippen LogP contribution in [0.5, 0.6) is 5.75 Å². The van der Waals surface area contributed by atoms with Crippen LogP contribution in [0.15, 0.2) is 65.1 Å². The number of piperazine rings is 1. The zero-order chi connectivity index (χ0) is 19.1. The number of phenols is 1. The number of fused-ring (bicyclic) bond motifs is 3. The van der Waals surface area contributed by atoms with Gasteiger partial charge in [0, 0.05) is 54.7 Å². The van der Waals surface area contributed by atoms with E-state index in [1.165, 1.54) is 12.1 Å². The fourth-order valence-corrected chi connectivity index (χ4v) is 3.99. The summed E-state index contributed by atoms with van der Waals surface area (Å²) < 4.78 is 19.1. The molecule has 5 heteroatoms. The highest BCUT2D eigenvalue weighted by Gasteiger charge is 2.19. The number of nitrogens with zero attached hydrogens (tertiary/aromatic N) is 2. The van der Waals surface area contributed by atoms with Gasteiger partial charge in [-0.3, -0.25) is 4.90 Å². The van der Waals surface area contributed by atoms with Crippen molar-refractivity contribution >= 4 is 27.6 Å². The second-order valence-corrected chi connectivity index (χ2v) is 7.31. The highest BCUT2D eigenvalue weighted by atomic mass is 19.1. The molecule has 4 aromatic rings. The van der Waals surface area contributed by atoms with E-state index in [1.807, 2.05) is 48.5 Å². The van der Waals surface area contributed by atoms with Crippen molar-refractivity contribution in [1.82, 2.24) is 4.90 Å². The third-order valence-corrected chi connectivity index (χ3v) is 5.54. The lowest BCUT2D eigenvalue weighted by molar-refractivity contribution is 0.247. The van der Waals surface area contributed by atoms with Crippen LogP contribution in [0.3, 0.4) is 0 Å². The Morgan fingerprint density at radius 3 is 2.39 bits per heavy atom. The summed E-state index contributed by atoms with van der Waals surface area (Å²) in [7, 11) is 0. The largest absolute Gasteiger partial charge is 0.508 e. The van der Waals surface area contributed by atoms with Gasteiger partial charge >= 0.3 is 0 Å². The van der Waals surface area contributed by atoms with Gasteiger partial charge in [0.05, 0.1) is 0 Å². The van der Waals surface area contributed by atoms with Crippen molar-refractivity contribution in [3.05, 3.63) is 72.0 Å². The van der Waals surface area contributed by atoms with Gasteiger partial charge in [-0.1, -0.05) is 18.2 Å². The summed E-state index contributed by atoms with van der Waals surface area (Å²) in [5.74, 6) is 0.0962. The first-order chi connectivity index (χ1) is 13.7. The Hall–Kier alpha value is -3.05. The number of hydrogen-bond acceptors (Lipinski definition) is 4. The van der Waals surface area contributed by atoms with Gasteiger partial charge in [-0.2, -0.15) is 0 Å². The van der Waals surface area contributed by atoms with Crippen LogP contribution in [0, 0.1) is 5.82 Å². The Morgan fingerprint density at radius 1 is 0.857 bits per heavy atom. The van der Waals surface area contributed by atoms with Crippen molar-refractivity contribution in [1.29, 1.82) is 0 Å². The van der Waals surface area contributed by atoms with Crippen molar-refractivity contribution in [2.45, 2.75) is 6.54 Å². The molecule has 0 radical (unpaired) electrons. The van der Waals surface area contributed by atoms with Crippen LogP contribution in [0.4, 0.5) is 10.1 Å². The zero-order valence-electron chi connectivity index (χ0n) is 15.4. The summed E-state index contributed by atoms with van der Waals surface area (Å²) >= 11 is 0. The normalized spacial score (nSPS) is 15.5. The summed E-state index contributed by atoms with van der Waals surface area (Å²) in [5, 5.41) is 12.5. The third kappa shape index (κ3) is 3.08. The lowest BCUT2D eigenvalue weighted by atomic mass is 10.1. The molecule has 1 aliphatic heterocycles. The number of halogens is 1. The monoisotopic (exact) mass is 376 g/mol. The van der Waals surface area contributed by atoms with E-state index >= 15 is 0 Å².